The van der Waals surface area contributed by atoms with Crippen LogP contribution in [0.3, 0.4) is 0 Å². The van der Waals surface area contributed by atoms with E-state index >= 15 is 0 Å². The van der Waals surface area contributed by atoms with Crippen LogP contribution in [0.5, 0.6) is 0 Å². The number of ketones is 1. The van der Waals surface area contributed by atoms with Gasteiger partial charge in [-0.3, -0.25) is 4.79 Å². The average Bonchev–Trinajstić information content (AvgIpc) is 2.95. The van der Waals surface area contributed by atoms with Gasteiger partial charge in [-0.2, -0.15) is 0 Å². The second kappa shape index (κ2) is 8.32. The van der Waals surface area contributed by atoms with E-state index in [1.54, 1.807) is 0 Å². The largest absolute Gasteiger partial charge is 0.372 e. The van der Waals surface area contributed by atoms with Gasteiger partial charge < -0.3 is 9.30 Å². The first-order valence-corrected chi connectivity index (χ1v) is 11.0. The number of aryl methyl sites for hydroxylation is 1. The van der Waals surface area contributed by atoms with Crippen molar-refractivity contribution in [2.75, 3.05) is 0 Å². The Morgan fingerprint density at radius 1 is 1.25 bits per heavy atom. The number of unbranched alkanes of at least 4 members (excludes halogenated alkanes) is 1. The third-order valence-corrected chi connectivity index (χ3v) is 6.31. The van der Waals surface area contributed by atoms with Crippen LogP contribution in [0.4, 0.5) is 0 Å². The molecule has 0 bridgehead atoms. The minimum Gasteiger partial charge on any atom is -0.372 e. The quantitative estimate of drug-likeness (QED) is 0.590. The van der Waals surface area contributed by atoms with Crippen molar-refractivity contribution in [3.63, 3.8) is 0 Å². The first-order chi connectivity index (χ1) is 13.5. The number of Topliss-reactive ketones (excluding diaryl/α,β-unsaturated/α-hetero) is 1. The first kappa shape index (κ1) is 19.6. The lowest BCUT2D eigenvalue weighted by atomic mass is 9.92. The number of hydrogen-bond donors (Lipinski definition) is 0. The van der Waals surface area contributed by atoms with E-state index in [0.29, 0.717) is 24.7 Å². The van der Waals surface area contributed by atoms with Crippen molar-refractivity contribution in [2.24, 2.45) is 0 Å². The van der Waals surface area contributed by atoms with Gasteiger partial charge in [-0.1, -0.05) is 0 Å². The Labute approximate surface area is 167 Å². The van der Waals surface area contributed by atoms with E-state index in [9.17, 15) is 4.79 Å². The lowest BCUT2D eigenvalue weighted by molar-refractivity contribution is -0.133. The molecule has 1 saturated carbocycles. The third-order valence-electron chi connectivity index (χ3n) is 6.31. The van der Waals surface area contributed by atoms with E-state index in [4.69, 9.17) is 9.72 Å². The fourth-order valence-electron chi connectivity index (χ4n) is 4.61. The summed E-state index contributed by atoms with van der Waals surface area (Å²) in [6, 6.07) is 4.57. The van der Waals surface area contributed by atoms with E-state index < -0.39 is 0 Å². The molecule has 0 radical (unpaired) electrons. The predicted molar refractivity (Wildman–Crippen MR) is 110 cm³/mol. The molecule has 5 heteroatoms. The summed E-state index contributed by atoms with van der Waals surface area (Å²) in [5.74, 6) is 1.49. The van der Waals surface area contributed by atoms with Crippen LogP contribution in [0.2, 0.25) is 0 Å². The van der Waals surface area contributed by atoms with Crippen molar-refractivity contribution in [3.05, 3.63) is 24.2 Å². The molecule has 2 fully saturated rings. The summed E-state index contributed by atoms with van der Waals surface area (Å²) < 4.78 is 8.43. The fourth-order valence-corrected chi connectivity index (χ4v) is 4.61. The normalized spacial score (nSPS) is 22.3. The third kappa shape index (κ3) is 4.45. The van der Waals surface area contributed by atoms with Gasteiger partial charge in [0.2, 0.25) is 0 Å². The molecule has 28 heavy (non-hydrogen) atoms. The maximum atomic E-state index is 12.4. The highest BCUT2D eigenvalue weighted by Crippen LogP contribution is 2.35. The van der Waals surface area contributed by atoms with Gasteiger partial charge in [-0.15, -0.1) is 0 Å². The Hall–Kier alpha value is -1.75. The number of rotatable bonds is 8. The van der Waals surface area contributed by atoms with E-state index in [-0.39, 0.29) is 11.7 Å². The summed E-state index contributed by atoms with van der Waals surface area (Å²) in [6.07, 6.45) is 13.1. The highest BCUT2D eigenvalue weighted by atomic mass is 16.5. The molecule has 5 nitrogen and oxygen atoms in total. The summed E-state index contributed by atoms with van der Waals surface area (Å²) in [4.78, 5) is 21.8. The zero-order valence-corrected chi connectivity index (χ0v) is 17.3. The molecule has 2 aliphatic rings. The van der Waals surface area contributed by atoms with E-state index in [2.05, 4.69) is 29.5 Å². The first-order valence-electron chi connectivity index (χ1n) is 11.0. The van der Waals surface area contributed by atoms with Gasteiger partial charge in [0.25, 0.3) is 0 Å². The Kier molecular flexibility index (Phi) is 5.81. The number of carbonyl (C=O) groups is 1. The van der Waals surface area contributed by atoms with Gasteiger partial charge in [0.1, 0.15) is 17.1 Å². The maximum Gasteiger partial charge on any atom is 0.160 e. The van der Waals surface area contributed by atoms with Crippen LogP contribution >= 0.6 is 0 Å². The number of aromatic nitrogens is 3. The standard InChI is InChI=1S/C23H33N3O2/c1-23(2)14-6-11-19(28-23)16-18(27)10-3-4-13-21-25-20-12-7-15-24-22(20)26(21)17-8-5-9-17/h7,12,15,17,19H,3-6,8-11,13-14,16H2,1-2H3. The number of hydrogen-bond acceptors (Lipinski definition) is 4. The molecule has 1 saturated heterocycles. The lowest BCUT2D eigenvalue weighted by Crippen LogP contribution is -2.36. The summed E-state index contributed by atoms with van der Waals surface area (Å²) in [6.45, 7) is 4.26. The Morgan fingerprint density at radius 3 is 2.86 bits per heavy atom. The summed E-state index contributed by atoms with van der Waals surface area (Å²) >= 11 is 0. The number of ether oxygens (including phenoxy) is 1. The monoisotopic (exact) mass is 383 g/mol. The van der Waals surface area contributed by atoms with Crippen molar-refractivity contribution in [2.45, 2.75) is 102 Å². The second-order valence-electron chi connectivity index (χ2n) is 9.17. The fraction of sp³-hybridized carbons (Fsp3) is 0.696. The summed E-state index contributed by atoms with van der Waals surface area (Å²) in [5.41, 5.74) is 1.95. The van der Waals surface area contributed by atoms with Gasteiger partial charge >= 0.3 is 0 Å². The second-order valence-corrected chi connectivity index (χ2v) is 9.17. The van der Waals surface area contributed by atoms with E-state index in [0.717, 1.165) is 55.5 Å². The van der Waals surface area contributed by atoms with Gasteiger partial charge in [0, 0.05) is 31.5 Å². The molecule has 152 valence electrons. The van der Waals surface area contributed by atoms with E-state index in [1.165, 1.54) is 19.3 Å². The van der Waals surface area contributed by atoms with Crippen LogP contribution in [0.1, 0.15) is 89.9 Å². The molecule has 0 spiro atoms. The van der Waals surface area contributed by atoms with Crippen LogP contribution in [-0.2, 0) is 16.0 Å². The van der Waals surface area contributed by atoms with Crippen LogP contribution in [0, 0.1) is 0 Å². The molecule has 1 aliphatic carbocycles. The topological polar surface area (TPSA) is 57.0 Å². The molecule has 0 aromatic carbocycles. The van der Waals surface area contributed by atoms with Gasteiger partial charge in [0.05, 0.1) is 11.7 Å². The predicted octanol–water partition coefficient (Wildman–Crippen LogP) is 5.18. The van der Waals surface area contributed by atoms with Crippen molar-refractivity contribution in [1.29, 1.82) is 0 Å². The zero-order valence-electron chi connectivity index (χ0n) is 17.3. The minimum absolute atomic E-state index is 0.0716. The van der Waals surface area contributed by atoms with Crippen LogP contribution < -0.4 is 0 Å². The van der Waals surface area contributed by atoms with Crippen LogP contribution in [0.25, 0.3) is 11.2 Å². The molecule has 2 aromatic rings. The molecular weight excluding hydrogens is 350 g/mol. The van der Waals surface area contributed by atoms with Crippen molar-refractivity contribution in [1.82, 2.24) is 14.5 Å². The Balaban J connectivity index is 1.28. The SMILES string of the molecule is CC1(C)CCCC(CC(=O)CCCCc2nc3cccnc3n2C2CCC2)O1. The molecular formula is C23H33N3O2. The molecule has 0 amide bonds. The van der Waals surface area contributed by atoms with Crippen LogP contribution in [-0.4, -0.2) is 32.0 Å². The Morgan fingerprint density at radius 2 is 2.11 bits per heavy atom. The van der Waals surface area contributed by atoms with Gasteiger partial charge in [0.15, 0.2) is 5.65 Å². The van der Waals surface area contributed by atoms with E-state index in [1.807, 2.05) is 12.3 Å². The molecule has 1 atom stereocenters. The molecule has 0 N–H and O–H groups in total. The van der Waals surface area contributed by atoms with Crippen molar-refractivity contribution in [3.8, 4) is 0 Å². The van der Waals surface area contributed by atoms with Crippen LogP contribution in [0.15, 0.2) is 18.3 Å². The summed E-state index contributed by atoms with van der Waals surface area (Å²) in [5, 5.41) is 0. The molecule has 2 aromatic heterocycles. The van der Waals surface area contributed by atoms with Gasteiger partial charge in [-0.05, 0) is 77.3 Å². The Bertz CT molecular complexity index is 822. The smallest absolute Gasteiger partial charge is 0.160 e. The number of fused-ring (bicyclic) bond motifs is 1. The lowest BCUT2D eigenvalue weighted by Gasteiger charge is -2.35. The van der Waals surface area contributed by atoms with Gasteiger partial charge in [-0.25, -0.2) is 9.97 Å². The number of carbonyl (C=O) groups excluding carboxylic acids is 1. The number of nitrogens with zero attached hydrogens (tertiary/aromatic N) is 3. The highest BCUT2D eigenvalue weighted by molar-refractivity contribution is 5.78. The maximum absolute atomic E-state index is 12.4. The van der Waals surface area contributed by atoms with Crippen molar-refractivity contribution < 1.29 is 9.53 Å². The van der Waals surface area contributed by atoms with Crippen molar-refractivity contribution >= 4 is 16.9 Å². The number of pyridine rings is 1. The molecule has 4 rings (SSSR count). The highest BCUT2D eigenvalue weighted by Gasteiger charge is 2.29. The number of imidazole rings is 1. The molecule has 1 aliphatic heterocycles. The minimum atomic E-state index is -0.0716. The average molecular weight is 384 g/mol. The molecule has 1 unspecified atom stereocenters. The molecule has 3 heterocycles. The summed E-state index contributed by atoms with van der Waals surface area (Å²) in [7, 11) is 0. The zero-order chi connectivity index (χ0) is 19.6.